The van der Waals surface area contributed by atoms with Gasteiger partial charge in [-0.05, 0) is 30.6 Å². The van der Waals surface area contributed by atoms with Gasteiger partial charge in [0, 0.05) is 0 Å². The van der Waals surface area contributed by atoms with E-state index in [-0.39, 0.29) is 5.41 Å². The number of hydrogen-bond donors (Lipinski definition) is 0. The van der Waals surface area contributed by atoms with E-state index in [9.17, 15) is 49.1 Å². The fourth-order valence-corrected chi connectivity index (χ4v) is 3.38. The number of hydrogen-bond acceptors (Lipinski definition) is 4. The molecule has 0 aromatic heterocycles. The van der Waals surface area contributed by atoms with Crippen molar-refractivity contribution in [2.45, 2.75) is 105 Å². The van der Waals surface area contributed by atoms with Crippen LogP contribution in [0.25, 0.3) is 0 Å². The Morgan fingerprint density at radius 2 is 1.19 bits per heavy atom. The van der Waals surface area contributed by atoms with Gasteiger partial charge in [0.1, 0.15) is 6.61 Å². The van der Waals surface area contributed by atoms with Crippen molar-refractivity contribution < 1.29 is 58.6 Å². The number of alkyl halides is 9. The van der Waals surface area contributed by atoms with E-state index < -0.39 is 72.8 Å². The van der Waals surface area contributed by atoms with E-state index in [1.54, 1.807) is 6.92 Å². The molecule has 0 spiro atoms. The lowest BCUT2D eigenvalue weighted by Gasteiger charge is -2.45. The highest BCUT2D eigenvalue weighted by atomic mass is 19.4. The Hall–Kier alpha value is -1.69. The molecule has 0 aliphatic heterocycles. The molecule has 0 rings (SSSR count). The second-order valence-electron chi connectivity index (χ2n) is 10.5. The summed E-state index contributed by atoms with van der Waals surface area (Å²) in [5, 5.41) is 0. The summed E-state index contributed by atoms with van der Waals surface area (Å²) < 4.78 is 125. The molecule has 0 bridgehead atoms. The molecule has 0 saturated heterocycles. The number of ether oxygens (including phenoxy) is 2. The number of esters is 2. The van der Waals surface area contributed by atoms with Crippen LogP contribution in [-0.4, -0.2) is 49.1 Å². The molecule has 36 heavy (non-hydrogen) atoms. The summed E-state index contributed by atoms with van der Waals surface area (Å²) in [4.78, 5) is 24.7. The van der Waals surface area contributed by atoms with Gasteiger partial charge in [0.15, 0.2) is 0 Å². The lowest BCUT2D eigenvalue weighted by Crippen LogP contribution is -2.61. The molecule has 4 nitrogen and oxygen atoms in total. The molecule has 1 atom stereocenters. The predicted octanol–water partition coefficient (Wildman–Crippen LogP) is 7.59. The van der Waals surface area contributed by atoms with Gasteiger partial charge in [-0.1, -0.05) is 48.0 Å². The first-order chi connectivity index (χ1) is 15.9. The highest BCUT2D eigenvalue weighted by Gasteiger charge is 2.81. The predicted molar refractivity (Wildman–Crippen MR) is 113 cm³/mol. The van der Waals surface area contributed by atoms with Crippen LogP contribution in [0.4, 0.5) is 39.5 Å². The van der Waals surface area contributed by atoms with Gasteiger partial charge < -0.3 is 9.47 Å². The summed E-state index contributed by atoms with van der Waals surface area (Å²) in [6.07, 6.45) is -8.05. The molecule has 214 valence electrons. The molecule has 0 heterocycles. The molecule has 0 amide bonds. The second kappa shape index (κ2) is 11.4. The number of rotatable bonds is 14. The second-order valence-corrected chi connectivity index (χ2v) is 10.5. The Bertz CT molecular complexity index is 761. The molecule has 0 N–H and O–H groups in total. The van der Waals surface area contributed by atoms with Gasteiger partial charge in [-0.3, -0.25) is 9.59 Å². The molecule has 0 saturated carbocycles. The third-order valence-electron chi connectivity index (χ3n) is 7.05. The zero-order valence-corrected chi connectivity index (χ0v) is 21.5. The third-order valence-corrected chi connectivity index (χ3v) is 7.05. The zero-order chi connectivity index (χ0) is 29.0. The van der Waals surface area contributed by atoms with Crippen LogP contribution in [0.5, 0.6) is 0 Å². The molecule has 0 aliphatic rings. The fraction of sp³-hybridized carbons (Fsp3) is 0.913. The van der Waals surface area contributed by atoms with Crippen molar-refractivity contribution in [3.8, 4) is 0 Å². The lowest BCUT2D eigenvalue weighted by molar-refractivity contribution is -0.397. The Morgan fingerprint density at radius 1 is 0.694 bits per heavy atom. The minimum atomic E-state index is -7.01. The van der Waals surface area contributed by atoms with Crippen LogP contribution in [0.15, 0.2) is 0 Å². The molecular formula is C23H35F9O4. The van der Waals surface area contributed by atoms with Gasteiger partial charge in [0.2, 0.25) is 0 Å². The van der Waals surface area contributed by atoms with Crippen molar-refractivity contribution in [1.29, 1.82) is 0 Å². The average Bonchev–Trinajstić information content (AvgIpc) is 2.71. The van der Waals surface area contributed by atoms with Gasteiger partial charge in [0.05, 0.1) is 24.9 Å². The quantitative estimate of drug-likeness (QED) is 0.166. The highest BCUT2D eigenvalue weighted by Crippen LogP contribution is 2.54. The molecule has 13 heteroatoms. The van der Waals surface area contributed by atoms with E-state index in [4.69, 9.17) is 4.74 Å². The number of halogens is 9. The van der Waals surface area contributed by atoms with E-state index in [2.05, 4.69) is 4.74 Å². The van der Waals surface area contributed by atoms with Crippen molar-refractivity contribution in [3.05, 3.63) is 0 Å². The fourth-order valence-electron chi connectivity index (χ4n) is 3.38. The lowest BCUT2D eigenvalue weighted by atomic mass is 9.58. The molecule has 0 aliphatic carbocycles. The van der Waals surface area contributed by atoms with Gasteiger partial charge in [-0.15, -0.1) is 0 Å². The molecule has 0 radical (unpaired) electrons. The molecular weight excluding hydrogens is 511 g/mol. The van der Waals surface area contributed by atoms with Crippen molar-refractivity contribution in [2.75, 3.05) is 13.2 Å². The van der Waals surface area contributed by atoms with Crippen LogP contribution in [0.3, 0.4) is 0 Å². The average molecular weight is 547 g/mol. The summed E-state index contributed by atoms with van der Waals surface area (Å²) in [7, 11) is 0. The normalized spacial score (nSPS) is 15.9. The minimum Gasteiger partial charge on any atom is -0.465 e. The Labute approximate surface area is 205 Å². The first kappa shape index (κ1) is 34.3. The van der Waals surface area contributed by atoms with Gasteiger partial charge in [-0.25, -0.2) is 0 Å². The van der Waals surface area contributed by atoms with Gasteiger partial charge in [-0.2, -0.15) is 39.5 Å². The summed E-state index contributed by atoms with van der Waals surface area (Å²) in [6, 6.07) is 0. The van der Waals surface area contributed by atoms with E-state index in [0.29, 0.717) is 12.8 Å². The monoisotopic (exact) mass is 546 g/mol. The maximum absolute atomic E-state index is 13.5. The van der Waals surface area contributed by atoms with Gasteiger partial charge >= 0.3 is 35.9 Å². The zero-order valence-electron chi connectivity index (χ0n) is 21.5. The highest BCUT2D eigenvalue weighted by molar-refractivity contribution is 5.78. The van der Waals surface area contributed by atoms with E-state index in [0.717, 1.165) is 6.42 Å². The summed E-state index contributed by atoms with van der Waals surface area (Å²) in [5.74, 6) is -21.5. The molecule has 0 aromatic carbocycles. The van der Waals surface area contributed by atoms with Crippen LogP contribution in [0, 0.1) is 16.2 Å². The smallest absolute Gasteiger partial charge is 0.460 e. The third kappa shape index (κ3) is 7.43. The van der Waals surface area contributed by atoms with E-state index in [1.807, 2.05) is 41.5 Å². The maximum atomic E-state index is 13.5. The van der Waals surface area contributed by atoms with Gasteiger partial charge in [0.25, 0.3) is 0 Å². The maximum Gasteiger partial charge on any atom is 0.460 e. The SMILES string of the molecule is CCC(C)(C)CC(C)(C(=O)OCCC(=O)OCCC(F)(F)C(F)(F)C(F)(F)C(F)(F)F)C(C)(C)CC. The van der Waals surface area contributed by atoms with Crippen LogP contribution < -0.4 is 0 Å². The van der Waals surface area contributed by atoms with Crippen LogP contribution >= 0.6 is 0 Å². The van der Waals surface area contributed by atoms with Crippen molar-refractivity contribution in [1.82, 2.24) is 0 Å². The Balaban J connectivity index is 5.07. The largest absolute Gasteiger partial charge is 0.465 e. The summed E-state index contributed by atoms with van der Waals surface area (Å²) >= 11 is 0. The summed E-state index contributed by atoms with van der Waals surface area (Å²) in [6.45, 7) is 11.2. The van der Waals surface area contributed by atoms with E-state index >= 15 is 0 Å². The minimum absolute atomic E-state index is 0.227. The van der Waals surface area contributed by atoms with Crippen LogP contribution in [0.2, 0.25) is 0 Å². The molecule has 1 unspecified atom stereocenters. The standard InChI is InChI=1S/C23H35F9O4/c1-8-17(3,4)14-19(7,18(5,6)9-2)16(34)36-12-10-15(33)35-13-11-20(24,25)21(26,27)22(28,29)23(30,31)32/h8-14H2,1-7H3. The molecule has 0 fully saturated rings. The van der Waals surface area contributed by atoms with Crippen LogP contribution in [-0.2, 0) is 19.1 Å². The Morgan fingerprint density at radius 3 is 1.61 bits per heavy atom. The topological polar surface area (TPSA) is 52.6 Å². The first-order valence-corrected chi connectivity index (χ1v) is 11.4. The van der Waals surface area contributed by atoms with Crippen molar-refractivity contribution >= 4 is 11.9 Å². The number of carbonyl (C=O) groups excluding carboxylic acids is 2. The van der Waals surface area contributed by atoms with Crippen molar-refractivity contribution in [2.24, 2.45) is 16.2 Å². The van der Waals surface area contributed by atoms with Crippen LogP contribution in [0.1, 0.15) is 80.6 Å². The number of carbonyl (C=O) groups is 2. The summed E-state index contributed by atoms with van der Waals surface area (Å²) in [5.41, 5.74) is -1.70. The van der Waals surface area contributed by atoms with E-state index in [1.165, 1.54) is 0 Å². The first-order valence-electron chi connectivity index (χ1n) is 11.4. The van der Waals surface area contributed by atoms with Crippen molar-refractivity contribution in [3.63, 3.8) is 0 Å². The molecule has 0 aromatic rings. The Kier molecular flexibility index (Phi) is 10.8.